The molecule has 1 N–H and O–H groups in total. The van der Waals surface area contributed by atoms with Gasteiger partial charge in [-0.15, -0.1) is 0 Å². The molecule has 1 heterocycles. The molecule has 0 radical (unpaired) electrons. The quantitative estimate of drug-likeness (QED) is 0.766. The summed E-state index contributed by atoms with van der Waals surface area (Å²) in [4.78, 5) is 12.4. The Morgan fingerprint density at radius 1 is 1.20 bits per heavy atom. The van der Waals surface area contributed by atoms with Gasteiger partial charge in [-0.05, 0) is 56.3 Å². The Bertz CT molecular complexity index is 1000. The van der Waals surface area contributed by atoms with E-state index in [1.54, 1.807) is 12.1 Å². The second-order valence-electron chi connectivity index (χ2n) is 5.65. The average molecular weight is 351 g/mol. The van der Waals surface area contributed by atoms with Gasteiger partial charge in [-0.1, -0.05) is 17.7 Å². The van der Waals surface area contributed by atoms with Gasteiger partial charge in [-0.2, -0.15) is 10.4 Å². The van der Waals surface area contributed by atoms with Crippen LogP contribution in [0.1, 0.15) is 27.3 Å². The van der Waals surface area contributed by atoms with E-state index in [0.29, 0.717) is 16.8 Å². The van der Waals surface area contributed by atoms with E-state index in [0.717, 1.165) is 17.1 Å². The molecular weight excluding hydrogens is 336 g/mol. The smallest absolute Gasteiger partial charge is 0.255 e. The van der Waals surface area contributed by atoms with Crippen LogP contribution in [0.25, 0.3) is 5.69 Å². The van der Waals surface area contributed by atoms with E-state index in [9.17, 15) is 4.79 Å². The standard InChI is InChI=1S/C19H15ClN4O/c1-12-8-13(2)24(23-12)17-5-3-4-16(10-17)22-19(25)14-6-7-15(11-21)18(20)9-14/h3-10H,1-2H3,(H,22,25). The van der Waals surface area contributed by atoms with Gasteiger partial charge in [-0.25, -0.2) is 4.68 Å². The summed E-state index contributed by atoms with van der Waals surface area (Å²) in [5.41, 5.74) is 4.18. The van der Waals surface area contributed by atoms with Crippen LogP contribution in [0.15, 0.2) is 48.5 Å². The van der Waals surface area contributed by atoms with Crippen LogP contribution in [0.3, 0.4) is 0 Å². The lowest BCUT2D eigenvalue weighted by Gasteiger charge is -2.09. The van der Waals surface area contributed by atoms with E-state index in [4.69, 9.17) is 16.9 Å². The summed E-state index contributed by atoms with van der Waals surface area (Å²) in [5.74, 6) is -0.295. The first-order chi connectivity index (χ1) is 12.0. The zero-order chi connectivity index (χ0) is 18.0. The highest BCUT2D eigenvalue weighted by Crippen LogP contribution is 2.20. The summed E-state index contributed by atoms with van der Waals surface area (Å²) in [5, 5.41) is 16.4. The van der Waals surface area contributed by atoms with E-state index in [1.807, 2.05) is 48.9 Å². The maximum absolute atomic E-state index is 12.4. The molecule has 2 aromatic carbocycles. The van der Waals surface area contributed by atoms with Crippen LogP contribution in [0.4, 0.5) is 5.69 Å². The van der Waals surface area contributed by atoms with Crippen molar-refractivity contribution in [2.24, 2.45) is 0 Å². The minimum Gasteiger partial charge on any atom is -0.322 e. The molecule has 0 aliphatic rings. The van der Waals surface area contributed by atoms with Crippen LogP contribution in [0.2, 0.25) is 5.02 Å². The van der Waals surface area contributed by atoms with Crippen LogP contribution in [-0.4, -0.2) is 15.7 Å². The Balaban J connectivity index is 1.85. The van der Waals surface area contributed by atoms with Crippen molar-refractivity contribution < 1.29 is 4.79 Å². The topological polar surface area (TPSA) is 70.7 Å². The molecule has 0 spiro atoms. The summed E-state index contributed by atoms with van der Waals surface area (Å²) < 4.78 is 1.82. The summed E-state index contributed by atoms with van der Waals surface area (Å²) in [6.07, 6.45) is 0. The number of amides is 1. The molecule has 5 nitrogen and oxygen atoms in total. The van der Waals surface area contributed by atoms with Crippen LogP contribution in [0, 0.1) is 25.2 Å². The molecule has 0 saturated heterocycles. The van der Waals surface area contributed by atoms with Crippen LogP contribution in [0.5, 0.6) is 0 Å². The third kappa shape index (κ3) is 3.54. The highest BCUT2D eigenvalue weighted by atomic mass is 35.5. The van der Waals surface area contributed by atoms with Gasteiger partial charge in [0.25, 0.3) is 5.91 Å². The summed E-state index contributed by atoms with van der Waals surface area (Å²) in [6, 6.07) is 16.0. The van der Waals surface area contributed by atoms with Crippen molar-refractivity contribution in [1.82, 2.24) is 9.78 Å². The zero-order valence-corrected chi connectivity index (χ0v) is 14.5. The van der Waals surface area contributed by atoms with Gasteiger partial charge < -0.3 is 5.32 Å². The van der Waals surface area contributed by atoms with E-state index < -0.39 is 0 Å². The van der Waals surface area contributed by atoms with E-state index in [1.165, 1.54) is 12.1 Å². The number of carbonyl (C=O) groups is 1. The number of nitrogens with zero attached hydrogens (tertiary/aromatic N) is 3. The number of benzene rings is 2. The number of anilines is 1. The molecule has 6 heteroatoms. The molecule has 0 saturated carbocycles. The Morgan fingerprint density at radius 3 is 2.64 bits per heavy atom. The lowest BCUT2D eigenvalue weighted by molar-refractivity contribution is 0.102. The van der Waals surface area contributed by atoms with Gasteiger partial charge in [0.15, 0.2) is 0 Å². The molecule has 0 atom stereocenters. The summed E-state index contributed by atoms with van der Waals surface area (Å²) >= 11 is 5.99. The van der Waals surface area contributed by atoms with Crippen LogP contribution >= 0.6 is 11.6 Å². The van der Waals surface area contributed by atoms with Crippen molar-refractivity contribution in [3.63, 3.8) is 0 Å². The fourth-order valence-corrected chi connectivity index (χ4v) is 2.78. The third-order valence-electron chi connectivity index (χ3n) is 3.71. The fourth-order valence-electron chi connectivity index (χ4n) is 2.56. The highest BCUT2D eigenvalue weighted by molar-refractivity contribution is 6.32. The molecule has 0 aliphatic heterocycles. The lowest BCUT2D eigenvalue weighted by atomic mass is 10.1. The number of carbonyl (C=O) groups excluding carboxylic acids is 1. The van der Waals surface area contributed by atoms with Crippen LogP contribution < -0.4 is 5.32 Å². The minimum atomic E-state index is -0.295. The van der Waals surface area contributed by atoms with Crippen molar-refractivity contribution >= 4 is 23.2 Å². The minimum absolute atomic E-state index is 0.256. The largest absolute Gasteiger partial charge is 0.322 e. The second-order valence-corrected chi connectivity index (χ2v) is 6.06. The Hall–Kier alpha value is -3.10. The molecule has 0 unspecified atom stereocenters. The Labute approximate surface area is 150 Å². The number of hydrogen-bond acceptors (Lipinski definition) is 3. The average Bonchev–Trinajstić information content (AvgIpc) is 2.93. The maximum Gasteiger partial charge on any atom is 0.255 e. The molecule has 1 aromatic heterocycles. The molecule has 0 aliphatic carbocycles. The molecule has 0 bridgehead atoms. The summed E-state index contributed by atoms with van der Waals surface area (Å²) in [6.45, 7) is 3.91. The zero-order valence-electron chi connectivity index (χ0n) is 13.7. The molecule has 3 rings (SSSR count). The van der Waals surface area contributed by atoms with Gasteiger partial charge in [-0.3, -0.25) is 4.79 Å². The van der Waals surface area contributed by atoms with Crippen molar-refractivity contribution in [2.75, 3.05) is 5.32 Å². The maximum atomic E-state index is 12.4. The number of aromatic nitrogens is 2. The van der Waals surface area contributed by atoms with E-state index in [-0.39, 0.29) is 10.9 Å². The Morgan fingerprint density at radius 2 is 2.00 bits per heavy atom. The number of halogens is 1. The van der Waals surface area contributed by atoms with Crippen molar-refractivity contribution in [1.29, 1.82) is 5.26 Å². The molecule has 25 heavy (non-hydrogen) atoms. The molecule has 1 amide bonds. The first-order valence-electron chi connectivity index (χ1n) is 7.62. The Kier molecular flexibility index (Phi) is 4.55. The first-order valence-corrected chi connectivity index (χ1v) is 8.00. The van der Waals surface area contributed by atoms with Crippen molar-refractivity contribution in [3.05, 3.63) is 76.1 Å². The number of nitrogens with one attached hydrogen (secondary N) is 1. The number of hydrogen-bond donors (Lipinski definition) is 1. The van der Waals surface area contributed by atoms with Crippen molar-refractivity contribution in [3.8, 4) is 11.8 Å². The number of rotatable bonds is 3. The SMILES string of the molecule is Cc1cc(C)n(-c2cccc(NC(=O)c3ccc(C#N)c(Cl)c3)c2)n1. The predicted molar refractivity (Wildman–Crippen MR) is 97.2 cm³/mol. The normalized spacial score (nSPS) is 10.3. The van der Waals surface area contributed by atoms with E-state index >= 15 is 0 Å². The van der Waals surface area contributed by atoms with Gasteiger partial charge in [0.05, 0.1) is 22.0 Å². The van der Waals surface area contributed by atoms with Gasteiger partial charge >= 0.3 is 0 Å². The van der Waals surface area contributed by atoms with Crippen molar-refractivity contribution in [2.45, 2.75) is 13.8 Å². The predicted octanol–water partition coefficient (Wildman–Crippen LogP) is 4.27. The second kappa shape index (κ2) is 6.80. The monoisotopic (exact) mass is 350 g/mol. The molecule has 0 fully saturated rings. The number of nitriles is 1. The molecule has 124 valence electrons. The van der Waals surface area contributed by atoms with Crippen LogP contribution in [-0.2, 0) is 0 Å². The molecular formula is C19H15ClN4O. The van der Waals surface area contributed by atoms with Gasteiger partial charge in [0, 0.05) is 16.9 Å². The fraction of sp³-hybridized carbons (Fsp3) is 0.105. The highest BCUT2D eigenvalue weighted by Gasteiger charge is 2.10. The lowest BCUT2D eigenvalue weighted by Crippen LogP contribution is -2.12. The van der Waals surface area contributed by atoms with Gasteiger partial charge in [0.1, 0.15) is 6.07 Å². The third-order valence-corrected chi connectivity index (χ3v) is 4.02. The number of aryl methyl sites for hydroxylation is 2. The van der Waals surface area contributed by atoms with Gasteiger partial charge in [0.2, 0.25) is 0 Å². The first kappa shape index (κ1) is 16.7. The van der Waals surface area contributed by atoms with E-state index in [2.05, 4.69) is 10.4 Å². The summed E-state index contributed by atoms with van der Waals surface area (Å²) in [7, 11) is 0. The molecule has 3 aromatic rings.